The fraction of sp³-hybridized carbons (Fsp3) is 0.625. The van der Waals surface area contributed by atoms with Gasteiger partial charge >= 0.3 is 5.92 Å². The van der Waals surface area contributed by atoms with Crippen LogP contribution in [0.15, 0.2) is 22.7 Å². The van der Waals surface area contributed by atoms with Crippen LogP contribution in [0.25, 0.3) is 0 Å². The van der Waals surface area contributed by atoms with Crippen LogP contribution in [0.2, 0.25) is 0 Å². The van der Waals surface area contributed by atoms with Gasteiger partial charge in [0, 0.05) is 25.6 Å². The van der Waals surface area contributed by atoms with E-state index in [9.17, 15) is 18.7 Å². The van der Waals surface area contributed by atoms with Crippen LogP contribution in [0.1, 0.15) is 54.4 Å². The van der Waals surface area contributed by atoms with Crippen LogP contribution >= 0.6 is 0 Å². The Hall–Kier alpha value is -2.79. The summed E-state index contributed by atoms with van der Waals surface area (Å²) in [7, 11) is 0. The number of anilines is 1. The maximum atomic E-state index is 13.3. The molecule has 0 radical (unpaired) electrons. The van der Waals surface area contributed by atoms with Gasteiger partial charge in [0.25, 0.3) is 17.7 Å². The molecule has 3 heterocycles. The number of aromatic nitrogens is 2. The molecule has 0 unspecified atom stereocenters. The fourth-order valence-electron chi connectivity index (χ4n) is 4.41. The third-order valence-corrected chi connectivity index (χ3v) is 6.52. The van der Waals surface area contributed by atoms with Crippen molar-refractivity contribution in [2.24, 2.45) is 5.92 Å². The molecule has 2 fully saturated rings. The molecule has 1 aromatic carbocycles. The summed E-state index contributed by atoms with van der Waals surface area (Å²) in [6.07, 6.45) is 3.06. The topological polar surface area (TPSA) is 110 Å². The zero-order valence-corrected chi connectivity index (χ0v) is 20.0. The Morgan fingerprint density at radius 2 is 2.09 bits per heavy atom. The highest BCUT2D eigenvalue weighted by Gasteiger charge is 2.33. The number of benzene rings is 1. The number of amides is 1. The lowest BCUT2D eigenvalue weighted by Gasteiger charge is -2.30. The number of aliphatic hydroxyl groups is 1. The minimum absolute atomic E-state index is 0.226. The van der Waals surface area contributed by atoms with Crippen LogP contribution < -0.4 is 15.0 Å². The third kappa shape index (κ3) is 6.46. The Bertz CT molecular complexity index is 1000. The monoisotopic (exact) mass is 494 g/mol. The Kier molecular flexibility index (Phi) is 7.85. The van der Waals surface area contributed by atoms with E-state index in [1.165, 1.54) is 0 Å². The summed E-state index contributed by atoms with van der Waals surface area (Å²) in [6.45, 7) is 5.10. The van der Waals surface area contributed by atoms with Crippen LogP contribution in [0.3, 0.4) is 0 Å². The quantitative estimate of drug-likeness (QED) is 0.512. The molecular formula is C24H32F2N4O5. The molecule has 2 atom stereocenters. The summed E-state index contributed by atoms with van der Waals surface area (Å²) in [6, 6.07) is 4.96. The van der Waals surface area contributed by atoms with Gasteiger partial charge in [-0.25, -0.2) is 0 Å². The van der Waals surface area contributed by atoms with Crippen molar-refractivity contribution in [2.75, 3.05) is 37.8 Å². The first-order valence-electron chi connectivity index (χ1n) is 12.0. The van der Waals surface area contributed by atoms with Gasteiger partial charge in [-0.3, -0.25) is 4.79 Å². The first-order valence-corrected chi connectivity index (χ1v) is 12.0. The number of aliphatic hydroxyl groups excluding tert-OH is 1. The van der Waals surface area contributed by atoms with Gasteiger partial charge in [-0.05, 0) is 67.4 Å². The summed E-state index contributed by atoms with van der Waals surface area (Å²) in [5.74, 6) is -2.57. The maximum Gasteiger partial charge on any atom is 0.322 e. The zero-order valence-electron chi connectivity index (χ0n) is 20.0. The second kappa shape index (κ2) is 10.9. The largest absolute Gasteiger partial charge is 0.494 e. The van der Waals surface area contributed by atoms with Crippen molar-refractivity contribution in [3.63, 3.8) is 0 Å². The Labute approximate surface area is 202 Å². The summed E-state index contributed by atoms with van der Waals surface area (Å²) in [5, 5.41) is 16.3. The van der Waals surface area contributed by atoms with Crippen molar-refractivity contribution in [1.82, 2.24) is 15.5 Å². The van der Waals surface area contributed by atoms with Gasteiger partial charge in [-0.15, -0.1) is 0 Å². The Balaban J connectivity index is 1.17. The van der Waals surface area contributed by atoms with Gasteiger partial charge in [0.15, 0.2) is 0 Å². The molecule has 2 aliphatic heterocycles. The molecule has 0 saturated carbocycles. The molecular weight excluding hydrogens is 462 g/mol. The van der Waals surface area contributed by atoms with Crippen LogP contribution in [0.5, 0.6) is 5.75 Å². The zero-order chi connectivity index (χ0) is 25.0. The summed E-state index contributed by atoms with van der Waals surface area (Å²) >= 11 is 0. The molecule has 0 aliphatic carbocycles. The van der Waals surface area contributed by atoms with Crippen molar-refractivity contribution in [1.29, 1.82) is 0 Å². The molecule has 1 aromatic heterocycles. The second-order valence-electron chi connectivity index (χ2n) is 9.37. The molecule has 1 amide bonds. The lowest BCUT2D eigenvalue weighted by Crippen LogP contribution is -2.42. The predicted molar refractivity (Wildman–Crippen MR) is 123 cm³/mol. The number of piperidine rings is 1. The van der Waals surface area contributed by atoms with E-state index in [-0.39, 0.29) is 18.5 Å². The minimum atomic E-state index is -3.14. The highest BCUT2D eigenvalue weighted by molar-refractivity contribution is 5.96. The molecule has 2 aromatic rings. The molecule has 11 heteroatoms. The SMILES string of the molecule is Cc1cc(OCCCC2CCN(c3noc(C(C)(F)F)n3)CC2)ccc1C(=O)N[C@@H]1COC[C@H]1O. The molecule has 35 heavy (non-hydrogen) atoms. The summed E-state index contributed by atoms with van der Waals surface area (Å²) in [5.41, 5.74) is 1.34. The van der Waals surface area contributed by atoms with E-state index in [4.69, 9.17) is 9.47 Å². The Morgan fingerprint density at radius 1 is 1.31 bits per heavy atom. The van der Waals surface area contributed by atoms with E-state index in [0.29, 0.717) is 43.5 Å². The lowest BCUT2D eigenvalue weighted by molar-refractivity contribution is -0.0158. The number of nitrogens with one attached hydrogen (secondary N) is 1. The van der Waals surface area contributed by atoms with Crippen molar-refractivity contribution in [3.8, 4) is 5.75 Å². The highest BCUT2D eigenvalue weighted by Crippen LogP contribution is 2.29. The van der Waals surface area contributed by atoms with Gasteiger partial charge in [0.2, 0.25) is 0 Å². The van der Waals surface area contributed by atoms with Crippen molar-refractivity contribution >= 4 is 11.9 Å². The molecule has 2 aliphatic rings. The fourth-order valence-corrected chi connectivity index (χ4v) is 4.41. The van der Waals surface area contributed by atoms with Crippen LogP contribution in [-0.4, -0.2) is 66.2 Å². The van der Waals surface area contributed by atoms with Crippen LogP contribution in [-0.2, 0) is 10.7 Å². The average molecular weight is 495 g/mol. The number of aryl methyl sites for hydroxylation is 1. The number of carbonyl (C=O) groups is 1. The third-order valence-electron chi connectivity index (χ3n) is 6.52. The number of halogens is 2. The first kappa shape index (κ1) is 25.3. The van der Waals surface area contributed by atoms with Crippen molar-refractivity contribution in [2.45, 2.75) is 57.6 Å². The number of rotatable bonds is 9. The summed E-state index contributed by atoms with van der Waals surface area (Å²) in [4.78, 5) is 18.2. The number of carbonyl (C=O) groups excluding carboxylic acids is 1. The van der Waals surface area contributed by atoms with Gasteiger partial charge in [0.05, 0.1) is 32.0 Å². The Morgan fingerprint density at radius 3 is 2.71 bits per heavy atom. The van der Waals surface area contributed by atoms with E-state index in [2.05, 4.69) is 20.0 Å². The standard InChI is InChI=1S/C24H32F2N4O5/c1-15-12-17(5-6-18(15)21(32)27-19-13-33-14-20(19)31)34-11-3-4-16-7-9-30(10-8-16)23-28-22(35-29-23)24(2,25)26/h5-6,12,16,19-20,31H,3-4,7-11,13-14H2,1-2H3,(H,27,32)/t19-,20-/m1/s1. The van der Waals surface area contributed by atoms with Gasteiger partial charge in [0.1, 0.15) is 5.75 Å². The molecule has 2 N–H and O–H groups in total. The minimum Gasteiger partial charge on any atom is -0.494 e. The molecule has 2 saturated heterocycles. The highest BCUT2D eigenvalue weighted by atomic mass is 19.3. The molecule has 0 spiro atoms. The van der Waals surface area contributed by atoms with E-state index < -0.39 is 24.0 Å². The van der Waals surface area contributed by atoms with Gasteiger partial charge in [-0.2, -0.15) is 13.8 Å². The lowest BCUT2D eigenvalue weighted by atomic mass is 9.92. The van der Waals surface area contributed by atoms with Gasteiger partial charge in [-0.1, -0.05) is 0 Å². The van der Waals surface area contributed by atoms with Gasteiger partial charge < -0.3 is 29.3 Å². The van der Waals surface area contributed by atoms with Crippen molar-refractivity contribution < 1.29 is 32.7 Å². The number of ether oxygens (including phenoxy) is 2. The molecule has 9 nitrogen and oxygen atoms in total. The van der Waals surface area contributed by atoms with E-state index in [0.717, 1.165) is 38.2 Å². The normalized spacial score (nSPS) is 21.3. The number of nitrogens with zero attached hydrogens (tertiary/aromatic N) is 3. The van der Waals surface area contributed by atoms with E-state index in [1.807, 2.05) is 17.9 Å². The molecule has 192 valence electrons. The van der Waals surface area contributed by atoms with Crippen molar-refractivity contribution in [3.05, 3.63) is 35.2 Å². The predicted octanol–water partition coefficient (Wildman–Crippen LogP) is 3.05. The first-order chi connectivity index (χ1) is 16.7. The molecule has 4 rings (SSSR count). The second-order valence-corrected chi connectivity index (χ2v) is 9.37. The smallest absolute Gasteiger partial charge is 0.322 e. The summed E-state index contributed by atoms with van der Waals surface area (Å²) < 4.78 is 42.3. The maximum absolute atomic E-state index is 13.3. The van der Waals surface area contributed by atoms with E-state index in [1.54, 1.807) is 12.1 Å². The number of alkyl halides is 2. The van der Waals surface area contributed by atoms with Crippen LogP contribution in [0, 0.1) is 12.8 Å². The van der Waals surface area contributed by atoms with E-state index >= 15 is 0 Å². The average Bonchev–Trinajstić information content (AvgIpc) is 3.47. The number of hydrogen-bond acceptors (Lipinski definition) is 8. The van der Waals surface area contributed by atoms with Crippen LogP contribution in [0.4, 0.5) is 14.7 Å². The molecule has 0 bridgehead atoms. The number of hydrogen-bond donors (Lipinski definition) is 2.